The smallest absolute Gasteiger partial charge is 0.270 e. The van der Waals surface area contributed by atoms with Gasteiger partial charge in [0.15, 0.2) is 0 Å². The number of hydrogen-bond acceptors (Lipinski definition) is 5. The summed E-state index contributed by atoms with van der Waals surface area (Å²) in [5.41, 5.74) is 0.428. The van der Waals surface area contributed by atoms with Crippen LogP contribution in [0.3, 0.4) is 0 Å². The van der Waals surface area contributed by atoms with Gasteiger partial charge in [-0.25, -0.2) is 9.97 Å². The highest BCUT2D eigenvalue weighted by atomic mass is 16.1. The molecule has 6 heteroatoms. The number of carbonyl (C=O) groups excluding carboxylic acids is 1. The van der Waals surface area contributed by atoms with Crippen molar-refractivity contribution in [2.45, 2.75) is 19.9 Å². The number of aromatic nitrogens is 2. The third-order valence-electron chi connectivity index (χ3n) is 3.08. The normalized spacial score (nSPS) is 16.7. The van der Waals surface area contributed by atoms with E-state index in [4.69, 9.17) is 0 Å². The predicted octanol–water partition coefficient (Wildman–Crippen LogP) is 0.367. The SMILES string of the molecule is CC(C)NC(=O)c1ccnc(N2CCN(C)CC2)n1. The monoisotopic (exact) mass is 263 g/mol. The van der Waals surface area contributed by atoms with Gasteiger partial charge in [-0.2, -0.15) is 0 Å². The van der Waals surface area contributed by atoms with Crippen molar-refractivity contribution in [3.05, 3.63) is 18.0 Å². The van der Waals surface area contributed by atoms with E-state index < -0.39 is 0 Å². The lowest BCUT2D eigenvalue weighted by molar-refractivity contribution is 0.0938. The van der Waals surface area contributed by atoms with E-state index >= 15 is 0 Å². The minimum atomic E-state index is -0.146. The molecule has 1 aliphatic rings. The van der Waals surface area contributed by atoms with Crippen LogP contribution in [-0.2, 0) is 0 Å². The second-order valence-electron chi connectivity index (χ2n) is 5.16. The zero-order chi connectivity index (χ0) is 13.8. The average molecular weight is 263 g/mol. The molecule has 1 N–H and O–H groups in total. The van der Waals surface area contributed by atoms with Gasteiger partial charge in [-0.3, -0.25) is 4.79 Å². The highest BCUT2D eigenvalue weighted by Crippen LogP contribution is 2.10. The molecule has 2 heterocycles. The van der Waals surface area contributed by atoms with E-state index in [2.05, 4.69) is 32.1 Å². The van der Waals surface area contributed by atoms with E-state index in [0.717, 1.165) is 26.2 Å². The predicted molar refractivity (Wildman–Crippen MR) is 74.3 cm³/mol. The molecule has 0 aromatic carbocycles. The molecule has 1 aliphatic heterocycles. The summed E-state index contributed by atoms with van der Waals surface area (Å²) in [4.78, 5) is 24.9. The maximum Gasteiger partial charge on any atom is 0.270 e. The lowest BCUT2D eigenvalue weighted by Crippen LogP contribution is -2.45. The van der Waals surface area contributed by atoms with Crippen LogP contribution in [0.15, 0.2) is 12.3 Å². The molecule has 1 aromatic rings. The number of likely N-dealkylation sites (N-methyl/N-ethyl adjacent to an activating group) is 1. The molecule has 2 rings (SSSR count). The first-order valence-corrected chi connectivity index (χ1v) is 6.63. The van der Waals surface area contributed by atoms with E-state index in [1.165, 1.54) is 0 Å². The molecular formula is C13H21N5O. The van der Waals surface area contributed by atoms with E-state index in [1.807, 2.05) is 13.8 Å². The highest BCUT2D eigenvalue weighted by Gasteiger charge is 2.18. The molecule has 1 amide bonds. The number of nitrogens with one attached hydrogen (secondary N) is 1. The Balaban J connectivity index is 2.08. The summed E-state index contributed by atoms with van der Waals surface area (Å²) in [6.07, 6.45) is 1.65. The van der Waals surface area contributed by atoms with Crippen LogP contribution in [0.1, 0.15) is 24.3 Å². The Kier molecular flexibility index (Phi) is 4.31. The quantitative estimate of drug-likeness (QED) is 0.853. The first kappa shape index (κ1) is 13.7. The van der Waals surface area contributed by atoms with Crippen LogP contribution in [0.25, 0.3) is 0 Å². The van der Waals surface area contributed by atoms with Gasteiger partial charge in [0.2, 0.25) is 5.95 Å². The average Bonchev–Trinajstić information content (AvgIpc) is 2.39. The summed E-state index contributed by atoms with van der Waals surface area (Å²) in [6.45, 7) is 7.63. The summed E-state index contributed by atoms with van der Waals surface area (Å²) in [5.74, 6) is 0.497. The van der Waals surface area contributed by atoms with Crippen molar-refractivity contribution in [2.75, 3.05) is 38.1 Å². The van der Waals surface area contributed by atoms with Crippen LogP contribution >= 0.6 is 0 Å². The molecule has 19 heavy (non-hydrogen) atoms. The number of rotatable bonds is 3. The zero-order valence-corrected chi connectivity index (χ0v) is 11.8. The number of nitrogens with zero attached hydrogens (tertiary/aromatic N) is 4. The Morgan fingerprint density at radius 2 is 2.00 bits per heavy atom. The van der Waals surface area contributed by atoms with E-state index in [1.54, 1.807) is 12.3 Å². The van der Waals surface area contributed by atoms with Crippen molar-refractivity contribution in [1.82, 2.24) is 20.2 Å². The van der Waals surface area contributed by atoms with Gasteiger partial charge in [0.05, 0.1) is 0 Å². The minimum Gasteiger partial charge on any atom is -0.349 e. The summed E-state index contributed by atoms with van der Waals surface area (Å²) in [6, 6.07) is 1.76. The summed E-state index contributed by atoms with van der Waals surface area (Å²) >= 11 is 0. The van der Waals surface area contributed by atoms with Gasteiger partial charge in [0.25, 0.3) is 5.91 Å². The Morgan fingerprint density at radius 3 is 2.63 bits per heavy atom. The fourth-order valence-electron chi connectivity index (χ4n) is 1.97. The Morgan fingerprint density at radius 1 is 1.32 bits per heavy atom. The van der Waals surface area contributed by atoms with Crippen LogP contribution in [0, 0.1) is 0 Å². The number of hydrogen-bond donors (Lipinski definition) is 1. The maximum absolute atomic E-state index is 11.9. The highest BCUT2D eigenvalue weighted by molar-refractivity contribution is 5.92. The van der Waals surface area contributed by atoms with Crippen molar-refractivity contribution in [3.63, 3.8) is 0 Å². The van der Waals surface area contributed by atoms with E-state index in [-0.39, 0.29) is 11.9 Å². The number of anilines is 1. The van der Waals surface area contributed by atoms with Crippen molar-refractivity contribution >= 4 is 11.9 Å². The molecule has 104 valence electrons. The third-order valence-corrected chi connectivity index (χ3v) is 3.08. The topological polar surface area (TPSA) is 61.4 Å². The molecule has 0 saturated carbocycles. The largest absolute Gasteiger partial charge is 0.349 e. The second-order valence-corrected chi connectivity index (χ2v) is 5.16. The maximum atomic E-state index is 11.9. The molecule has 1 aromatic heterocycles. The Hall–Kier alpha value is -1.69. The molecule has 0 aliphatic carbocycles. The van der Waals surface area contributed by atoms with Crippen LogP contribution in [0.2, 0.25) is 0 Å². The van der Waals surface area contributed by atoms with Crippen LogP contribution in [0.5, 0.6) is 0 Å². The minimum absolute atomic E-state index is 0.106. The standard InChI is InChI=1S/C13H21N5O/c1-10(2)15-12(19)11-4-5-14-13(16-11)18-8-6-17(3)7-9-18/h4-5,10H,6-9H2,1-3H3,(H,15,19). The molecule has 0 radical (unpaired) electrons. The lowest BCUT2D eigenvalue weighted by Gasteiger charge is -2.32. The first-order valence-electron chi connectivity index (χ1n) is 6.63. The van der Waals surface area contributed by atoms with Crippen molar-refractivity contribution < 1.29 is 4.79 Å². The van der Waals surface area contributed by atoms with Gasteiger partial charge in [0.1, 0.15) is 5.69 Å². The van der Waals surface area contributed by atoms with E-state index in [0.29, 0.717) is 11.6 Å². The molecule has 0 atom stereocenters. The zero-order valence-electron chi connectivity index (χ0n) is 11.8. The third kappa shape index (κ3) is 3.64. The molecule has 6 nitrogen and oxygen atoms in total. The van der Waals surface area contributed by atoms with Gasteiger partial charge in [-0.05, 0) is 27.0 Å². The Bertz CT molecular complexity index is 440. The van der Waals surface area contributed by atoms with Gasteiger partial charge in [-0.15, -0.1) is 0 Å². The number of piperazine rings is 1. The molecule has 1 fully saturated rings. The lowest BCUT2D eigenvalue weighted by atomic mass is 10.3. The van der Waals surface area contributed by atoms with Crippen LogP contribution in [0.4, 0.5) is 5.95 Å². The summed E-state index contributed by atoms with van der Waals surface area (Å²) in [7, 11) is 2.10. The molecule has 0 unspecified atom stereocenters. The molecular weight excluding hydrogens is 242 g/mol. The van der Waals surface area contributed by atoms with Gasteiger partial charge >= 0.3 is 0 Å². The van der Waals surface area contributed by atoms with Crippen LogP contribution < -0.4 is 10.2 Å². The molecule has 0 bridgehead atoms. The van der Waals surface area contributed by atoms with Crippen LogP contribution in [-0.4, -0.2) is 60.0 Å². The first-order chi connectivity index (χ1) is 9.06. The summed E-state index contributed by atoms with van der Waals surface area (Å²) < 4.78 is 0. The van der Waals surface area contributed by atoms with Crippen molar-refractivity contribution in [3.8, 4) is 0 Å². The number of carbonyl (C=O) groups is 1. The Labute approximate surface area is 113 Å². The fourth-order valence-corrected chi connectivity index (χ4v) is 1.97. The van der Waals surface area contributed by atoms with E-state index in [9.17, 15) is 4.79 Å². The van der Waals surface area contributed by atoms with Crippen molar-refractivity contribution in [2.24, 2.45) is 0 Å². The fraction of sp³-hybridized carbons (Fsp3) is 0.615. The van der Waals surface area contributed by atoms with Crippen molar-refractivity contribution in [1.29, 1.82) is 0 Å². The van der Waals surface area contributed by atoms with Gasteiger partial charge in [-0.1, -0.05) is 0 Å². The number of amides is 1. The second kappa shape index (κ2) is 5.97. The molecule has 1 saturated heterocycles. The van der Waals surface area contributed by atoms with Gasteiger partial charge < -0.3 is 15.1 Å². The summed E-state index contributed by atoms with van der Waals surface area (Å²) in [5, 5.41) is 2.84. The van der Waals surface area contributed by atoms with Gasteiger partial charge in [0, 0.05) is 38.4 Å². The molecule has 0 spiro atoms.